The van der Waals surface area contributed by atoms with Crippen molar-refractivity contribution in [3.8, 4) is 0 Å². The number of hydrogen-bond donors (Lipinski definition) is 0. The number of benzene rings is 3. The Morgan fingerprint density at radius 1 is 0.688 bits per heavy atom. The van der Waals surface area contributed by atoms with Crippen molar-refractivity contribution in [2.24, 2.45) is 17.8 Å². The van der Waals surface area contributed by atoms with Gasteiger partial charge in [-0.2, -0.15) is 0 Å². The first kappa shape index (κ1) is 49.8. The predicted octanol–water partition coefficient (Wildman–Crippen LogP) is 12.2. The molecule has 4 aliphatic rings. The summed E-state index contributed by atoms with van der Waals surface area (Å²) in [7, 11) is -8.61. The van der Waals surface area contributed by atoms with Crippen LogP contribution >= 0.6 is 0 Å². The number of hydrogen-bond acceptors (Lipinski definition) is 6. The first-order valence-corrected chi connectivity index (χ1v) is 36.0. The molecular formula is C54H84O6Si4. The third kappa shape index (κ3) is 9.75. The van der Waals surface area contributed by atoms with Gasteiger partial charge in [0.15, 0.2) is 14.1 Å². The van der Waals surface area contributed by atoms with E-state index in [0.717, 1.165) is 50.2 Å². The van der Waals surface area contributed by atoms with Crippen molar-refractivity contribution in [1.82, 2.24) is 0 Å². The lowest BCUT2D eigenvalue weighted by atomic mass is 9.60. The van der Waals surface area contributed by atoms with Crippen LogP contribution in [0.1, 0.15) is 94.4 Å². The molecule has 10 heteroatoms. The molecule has 0 N–H and O–H groups in total. The van der Waals surface area contributed by atoms with Crippen LogP contribution in [0.4, 0.5) is 0 Å². The molecule has 2 aliphatic carbocycles. The van der Waals surface area contributed by atoms with Gasteiger partial charge in [-0.1, -0.05) is 158 Å². The van der Waals surface area contributed by atoms with Gasteiger partial charge in [0.2, 0.25) is 8.32 Å². The molecule has 1 spiro atoms. The van der Waals surface area contributed by atoms with Crippen molar-refractivity contribution in [2.45, 2.75) is 192 Å². The molecule has 3 aromatic carbocycles. The van der Waals surface area contributed by atoms with Gasteiger partial charge >= 0.3 is 0 Å². The van der Waals surface area contributed by atoms with Gasteiger partial charge in [-0.25, -0.2) is 0 Å². The Bertz CT molecular complexity index is 1960. The molecule has 0 bridgehead atoms. The Kier molecular flexibility index (Phi) is 14.9. The fourth-order valence-corrected chi connectivity index (χ4v) is 25.3. The van der Waals surface area contributed by atoms with Crippen molar-refractivity contribution in [1.29, 1.82) is 0 Å². The van der Waals surface area contributed by atoms with E-state index in [4.69, 9.17) is 27.5 Å². The molecule has 352 valence electrons. The first-order chi connectivity index (χ1) is 30.2. The lowest BCUT2D eigenvalue weighted by Crippen LogP contribution is -2.66. The number of rotatable bonds is 18. The molecule has 0 amide bonds. The third-order valence-electron chi connectivity index (χ3n) is 16.1. The van der Waals surface area contributed by atoms with E-state index in [1.54, 1.807) is 0 Å². The fraction of sp³-hybridized carbons (Fsp3) is 0.630. The summed E-state index contributed by atoms with van der Waals surface area (Å²) in [5.74, 6) is 1.51. The summed E-state index contributed by atoms with van der Waals surface area (Å²) >= 11 is 0. The quantitative estimate of drug-likeness (QED) is 0.0935. The molecule has 0 aromatic heterocycles. The summed E-state index contributed by atoms with van der Waals surface area (Å²) in [5.41, 5.74) is 0.0873. The molecular weight excluding hydrogens is 857 g/mol. The maximum Gasteiger partial charge on any atom is 0.261 e. The Labute approximate surface area is 393 Å². The van der Waals surface area contributed by atoms with E-state index >= 15 is 0 Å². The maximum absolute atomic E-state index is 7.58. The molecule has 1 saturated carbocycles. The lowest BCUT2D eigenvalue weighted by Gasteiger charge is -2.53. The van der Waals surface area contributed by atoms with E-state index in [-0.39, 0.29) is 41.0 Å². The monoisotopic (exact) mass is 941 g/mol. The van der Waals surface area contributed by atoms with Gasteiger partial charge in [-0.05, 0) is 116 Å². The van der Waals surface area contributed by atoms with Crippen LogP contribution in [0.15, 0.2) is 103 Å². The smallest absolute Gasteiger partial charge is 0.261 e. The zero-order valence-electron chi connectivity index (χ0n) is 42.2. The van der Waals surface area contributed by atoms with Crippen LogP contribution in [0.5, 0.6) is 0 Å². The van der Waals surface area contributed by atoms with Gasteiger partial charge in [-0.15, -0.1) is 0 Å². The first-order valence-electron chi connectivity index (χ1n) is 25.1. The molecule has 3 aromatic rings. The molecule has 2 saturated heterocycles. The van der Waals surface area contributed by atoms with E-state index in [0.29, 0.717) is 24.0 Å². The Hall–Kier alpha value is -2.13. The molecule has 9 atom stereocenters. The maximum atomic E-state index is 7.58. The van der Waals surface area contributed by atoms with E-state index in [9.17, 15) is 0 Å². The Morgan fingerprint density at radius 2 is 1.20 bits per heavy atom. The average Bonchev–Trinajstić information content (AvgIpc) is 3.98. The molecule has 2 aliphatic heterocycles. The van der Waals surface area contributed by atoms with Crippen LogP contribution in [-0.2, 0) is 27.5 Å². The van der Waals surface area contributed by atoms with Crippen LogP contribution in [0, 0.1) is 17.8 Å². The summed E-state index contributed by atoms with van der Waals surface area (Å²) in [6, 6.07) is 36.8. The molecule has 0 radical (unpaired) electrons. The molecule has 2 unspecified atom stereocenters. The molecule has 64 heavy (non-hydrogen) atoms. The van der Waals surface area contributed by atoms with Crippen molar-refractivity contribution in [2.75, 3.05) is 6.61 Å². The zero-order chi connectivity index (χ0) is 46.3. The number of ether oxygens (including phenoxy) is 3. The van der Waals surface area contributed by atoms with Crippen molar-refractivity contribution in [3.05, 3.63) is 103 Å². The SMILES string of the molecule is CC[Si](CC)(CC)OC1=CC[C@@H](O[Si](C)(C)C)C23OC2[C@H]([Si](C)(C)c2ccccc2)[C@H](C)[C@H](CC[C@@H]2C[C@H](CCO[Si](c4ccccc4)(c4ccccc4)C(C)(C)C)OC(C)(C)O2)[C@@H]13. The average molecular weight is 942 g/mol. The Balaban J connectivity index is 1.18. The summed E-state index contributed by atoms with van der Waals surface area (Å²) in [6.45, 7) is 33.8. The van der Waals surface area contributed by atoms with Gasteiger partial charge < -0.3 is 27.5 Å². The van der Waals surface area contributed by atoms with Gasteiger partial charge in [0.25, 0.3) is 8.32 Å². The Morgan fingerprint density at radius 3 is 1.70 bits per heavy atom. The highest BCUT2D eigenvalue weighted by Crippen LogP contribution is 2.69. The minimum Gasteiger partial charge on any atom is -0.546 e. The second-order valence-corrected chi connectivity index (χ2v) is 41.1. The molecule has 2 heterocycles. The predicted molar refractivity (Wildman–Crippen MR) is 276 cm³/mol. The second-order valence-electron chi connectivity index (χ2n) is 22.9. The highest BCUT2D eigenvalue weighted by atomic mass is 28.4. The van der Waals surface area contributed by atoms with Crippen LogP contribution < -0.4 is 15.6 Å². The summed E-state index contributed by atoms with van der Waals surface area (Å²) < 4.78 is 43.4. The van der Waals surface area contributed by atoms with Crippen molar-refractivity contribution >= 4 is 48.6 Å². The largest absolute Gasteiger partial charge is 0.546 e. The van der Waals surface area contributed by atoms with Crippen molar-refractivity contribution < 1.29 is 27.5 Å². The molecule has 6 nitrogen and oxygen atoms in total. The van der Waals surface area contributed by atoms with Gasteiger partial charge in [0.1, 0.15) is 5.60 Å². The summed E-state index contributed by atoms with van der Waals surface area (Å²) in [6.07, 6.45) is 7.34. The van der Waals surface area contributed by atoms with Gasteiger partial charge in [0, 0.05) is 13.0 Å². The third-order valence-corrected chi connectivity index (χ3v) is 31.0. The van der Waals surface area contributed by atoms with E-state index < -0.39 is 38.8 Å². The van der Waals surface area contributed by atoms with Gasteiger partial charge in [-0.3, -0.25) is 0 Å². The standard InChI is InChI=1S/C54H84O6Si4/c1-15-63(16-2,17-3)59-47-35-36-48(60-61(10,11)12)54-49(47)46(40(4)50(51(54)58-54)62(13,14)43-27-21-18-22-28-43)34-33-41-39-42(57-53(8,9)56-41)37-38-55-64(52(5,6)7,44-29-23-19-24-30-44)45-31-25-20-26-32-45/h18-32,35,40-42,46,48-51H,15-17,33-34,36-39H2,1-14H3/t40-,41-,42+,46+,48-,49+,50-,51?,54?/m1/s1. The minimum absolute atomic E-state index is 0.0312. The van der Waals surface area contributed by atoms with Gasteiger partial charge in [0.05, 0.1) is 44.2 Å². The lowest BCUT2D eigenvalue weighted by molar-refractivity contribution is -0.302. The fourth-order valence-electron chi connectivity index (χ4n) is 12.9. The summed E-state index contributed by atoms with van der Waals surface area (Å²) in [5, 5.41) is 4.07. The molecule has 3 fully saturated rings. The normalized spacial score (nSPS) is 29.6. The minimum atomic E-state index is -2.67. The highest BCUT2D eigenvalue weighted by Gasteiger charge is 2.77. The summed E-state index contributed by atoms with van der Waals surface area (Å²) in [4.78, 5) is 0. The number of epoxide rings is 1. The topological polar surface area (TPSA) is 58.7 Å². The molecule has 7 rings (SSSR count). The van der Waals surface area contributed by atoms with E-state index in [1.807, 2.05) is 0 Å². The van der Waals surface area contributed by atoms with Crippen LogP contribution in [0.3, 0.4) is 0 Å². The highest BCUT2D eigenvalue weighted by molar-refractivity contribution is 6.99. The second kappa shape index (κ2) is 19.1. The van der Waals surface area contributed by atoms with Crippen LogP contribution in [0.25, 0.3) is 0 Å². The van der Waals surface area contributed by atoms with Crippen molar-refractivity contribution in [3.63, 3.8) is 0 Å². The van der Waals surface area contributed by atoms with E-state index in [1.165, 1.54) is 21.3 Å². The van der Waals surface area contributed by atoms with Crippen LogP contribution in [0.2, 0.25) is 61.4 Å². The zero-order valence-corrected chi connectivity index (χ0v) is 46.2. The van der Waals surface area contributed by atoms with Crippen LogP contribution in [-0.4, -0.2) is 75.4 Å². The van der Waals surface area contributed by atoms with E-state index in [2.05, 4.69) is 192 Å².